The van der Waals surface area contributed by atoms with Gasteiger partial charge in [-0.2, -0.15) is 0 Å². The molecule has 0 bridgehead atoms. The second kappa shape index (κ2) is 8.31. The van der Waals surface area contributed by atoms with Crippen molar-refractivity contribution in [2.75, 3.05) is 40.2 Å². The molecule has 1 N–H and O–H groups in total. The molecule has 1 atom stereocenters. The third-order valence-corrected chi connectivity index (χ3v) is 4.97. The maximum absolute atomic E-state index is 12.6. The Morgan fingerprint density at radius 3 is 2.41 bits per heavy atom. The van der Waals surface area contributed by atoms with Crippen LogP contribution in [0.5, 0.6) is 17.2 Å². The number of hydrogen-bond donors (Lipinski definition) is 1. The number of anilines is 1. The lowest BCUT2D eigenvalue weighted by atomic mass is 10.1. The van der Waals surface area contributed by atoms with Crippen molar-refractivity contribution in [1.29, 1.82) is 0 Å². The summed E-state index contributed by atoms with van der Waals surface area (Å²) in [6.07, 6.45) is 2.09. The third-order valence-electron chi connectivity index (χ3n) is 4.97. The summed E-state index contributed by atoms with van der Waals surface area (Å²) in [5.41, 5.74) is 3.30. The van der Waals surface area contributed by atoms with Crippen LogP contribution in [0.3, 0.4) is 0 Å². The van der Waals surface area contributed by atoms with E-state index < -0.39 is 0 Å². The molecule has 1 aliphatic carbocycles. The predicted molar refractivity (Wildman–Crippen MR) is 105 cm³/mol. The summed E-state index contributed by atoms with van der Waals surface area (Å²) in [5, 5.41) is 2.92. The molecule has 0 saturated carbocycles. The summed E-state index contributed by atoms with van der Waals surface area (Å²) in [6, 6.07) is 12.2. The zero-order valence-corrected chi connectivity index (χ0v) is 16.2. The first-order valence-electron chi connectivity index (χ1n) is 8.95. The van der Waals surface area contributed by atoms with Crippen molar-refractivity contribution < 1.29 is 19.0 Å². The van der Waals surface area contributed by atoms with E-state index in [1.165, 1.54) is 11.1 Å². The highest BCUT2D eigenvalue weighted by molar-refractivity contribution is 5.93. The molecule has 0 saturated heterocycles. The van der Waals surface area contributed by atoms with Crippen LogP contribution in [0.15, 0.2) is 36.4 Å². The molecule has 27 heavy (non-hydrogen) atoms. The molecule has 0 spiro atoms. The van der Waals surface area contributed by atoms with Crippen LogP contribution in [0.4, 0.5) is 5.69 Å². The smallest absolute Gasteiger partial charge is 0.238 e. The van der Waals surface area contributed by atoms with E-state index in [0.717, 1.165) is 12.8 Å². The van der Waals surface area contributed by atoms with E-state index in [-0.39, 0.29) is 11.9 Å². The number of ether oxygens (including phenoxy) is 3. The number of fused-ring (bicyclic) bond motifs is 1. The van der Waals surface area contributed by atoms with Crippen molar-refractivity contribution in [1.82, 2.24) is 4.90 Å². The SMILES string of the molecule is COc1cc(NC(=O)CN(C)C2CCc3ccccc32)cc(OC)c1OC. The number of aryl methyl sites for hydroxylation is 1. The topological polar surface area (TPSA) is 60.0 Å². The number of nitrogens with zero attached hydrogens (tertiary/aromatic N) is 1. The molecule has 2 aromatic rings. The molecule has 6 heteroatoms. The van der Waals surface area contributed by atoms with Gasteiger partial charge in [-0.3, -0.25) is 9.69 Å². The van der Waals surface area contributed by atoms with E-state index in [4.69, 9.17) is 14.2 Å². The maximum atomic E-state index is 12.6. The van der Waals surface area contributed by atoms with Gasteiger partial charge >= 0.3 is 0 Å². The van der Waals surface area contributed by atoms with Crippen LogP contribution in [-0.2, 0) is 11.2 Å². The Morgan fingerprint density at radius 2 is 1.78 bits per heavy atom. The molecule has 6 nitrogen and oxygen atoms in total. The van der Waals surface area contributed by atoms with Crippen LogP contribution in [0.2, 0.25) is 0 Å². The van der Waals surface area contributed by atoms with Crippen LogP contribution in [0.1, 0.15) is 23.6 Å². The van der Waals surface area contributed by atoms with Crippen LogP contribution in [0.25, 0.3) is 0 Å². The minimum atomic E-state index is -0.0869. The van der Waals surface area contributed by atoms with Gasteiger partial charge in [0.25, 0.3) is 0 Å². The lowest BCUT2D eigenvalue weighted by molar-refractivity contribution is -0.117. The minimum absolute atomic E-state index is 0.0869. The Kier molecular flexibility index (Phi) is 5.86. The molecule has 2 aromatic carbocycles. The zero-order chi connectivity index (χ0) is 19.4. The van der Waals surface area contributed by atoms with Crippen LogP contribution in [0, 0.1) is 0 Å². The summed E-state index contributed by atoms with van der Waals surface area (Å²) in [7, 11) is 6.64. The summed E-state index contributed by atoms with van der Waals surface area (Å²) >= 11 is 0. The quantitative estimate of drug-likeness (QED) is 0.811. The average Bonchev–Trinajstić information content (AvgIpc) is 3.11. The molecule has 1 aliphatic rings. The lowest BCUT2D eigenvalue weighted by Crippen LogP contribution is -2.32. The van der Waals surface area contributed by atoms with Crippen molar-refractivity contribution in [2.45, 2.75) is 18.9 Å². The Hall–Kier alpha value is -2.73. The molecule has 1 amide bonds. The molecule has 144 valence electrons. The largest absolute Gasteiger partial charge is 0.493 e. The fraction of sp³-hybridized carbons (Fsp3) is 0.381. The highest BCUT2D eigenvalue weighted by Gasteiger charge is 2.26. The number of nitrogens with one attached hydrogen (secondary N) is 1. The number of carbonyl (C=O) groups is 1. The molecule has 1 unspecified atom stereocenters. The van der Waals surface area contributed by atoms with Gasteiger partial charge in [0.15, 0.2) is 11.5 Å². The van der Waals surface area contributed by atoms with Crippen molar-refractivity contribution in [3.8, 4) is 17.2 Å². The van der Waals surface area contributed by atoms with E-state index in [1.54, 1.807) is 33.5 Å². The Labute approximate surface area is 160 Å². The van der Waals surface area contributed by atoms with Gasteiger partial charge in [-0.1, -0.05) is 24.3 Å². The first kappa shape index (κ1) is 19.0. The summed E-state index contributed by atoms with van der Waals surface area (Å²) in [5.74, 6) is 1.42. The normalized spacial score (nSPS) is 15.4. The molecular weight excluding hydrogens is 344 g/mol. The summed E-state index contributed by atoms with van der Waals surface area (Å²) < 4.78 is 16.0. The van der Waals surface area contributed by atoms with Gasteiger partial charge < -0.3 is 19.5 Å². The second-order valence-corrected chi connectivity index (χ2v) is 6.63. The summed E-state index contributed by atoms with van der Waals surface area (Å²) in [4.78, 5) is 14.7. The highest BCUT2D eigenvalue weighted by Crippen LogP contribution is 2.40. The van der Waals surface area contributed by atoms with Gasteiger partial charge in [0, 0.05) is 23.9 Å². The zero-order valence-electron chi connectivity index (χ0n) is 16.2. The van der Waals surface area contributed by atoms with Crippen LogP contribution >= 0.6 is 0 Å². The van der Waals surface area contributed by atoms with E-state index in [1.807, 2.05) is 7.05 Å². The van der Waals surface area contributed by atoms with Crippen molar-refractivity contribution >= 4 is 11.6 Å². The van der Waals surface area contributed by atoms with E-state index in [2.05, 4.69) is 34.5 Å². The third kappa shape index (κ3) is 4.01. The monoisotopic (exact) mass is 370 g/mol. The van der Waals surface area contributed by atoms with E-state index in [9.17, 15) is 4.79 Å². The molecular formula is C21H26N2O4. The van der Waals surface area contributed by atoms with E-state index >= 15 is 0 Å². The Balaban J connectivity index is 1.69. The van der Waals surface area contributed by atoms with Crippen LogP contribution < -0.4 is 19.5 Å². The van der Waals surface area contributed by atoms with Gasteiger partial charge in [-0.05, 0) is 31.0 Å². The lowest BCUT2D eigenvalue weighted by Gasteiger charge is -2.24. The van der Waals surface area contributed by atoms with Crippen LogP contribution in [-0.4, -0.2) is 45.7 Å². The van der Waals surface area contributed by atoms with Crippen molar-refractivity contribution in [3.63, 3.8) is 0 Å². The number of benzene rings is 2. The molecule has 0 heterocycles. The average molecular weight is 370 g/mol. The van der Waals surface area contributed by atoms with Gasteiger partial charge in [0.2, 0.25) is 11.7 Å². The number of hydrogen-bond acceptors (Lipinski definition) is 5. The number of carbonyl (C=O) groups excluding carboxylic acids is 1. The number of amides is 1. The first-order chi connectivity index (χ1) is 13.1. The van der Waals surface area contributed by atoms with Gasteiger partial charge in [-0.15, -0.1) is 0 Å². The molecule has 0 aliphatic heterocycles. The maximum Gasteiger partial charge on any atom is 0.238 e. The highest BCUT2D eigenvalue weighted by atomic mass is 16.5. The molecule has 0 fully saturated rings. The van der Waals surface area contributed by atoms with Gasteiger partial charge in [0.1, 0.15) is 0 Å². The van der Waals surface area contributed by atoms with Gasteiger partial charge in [0.05, 0.1) is 27.9 Å². The van der Waals surface area contributed by atoms with Gasteiger partial charge in [-0.25, -0.2) is 0 Å². The fourth-order valence-corrected chi connectivity index (χ4v) is 3.68. The Morgan fingerprint density at radius 1 is 1.11 bits per heavy atom. The predicted octanol–water partition coefficient (Wildman–Crippen LogP) is 3.27. The van der Waals surface area contributed by atoms with Crippen molar-refractivity contribution in [3.05, 3.63) is 47.5 Å². The molecule has 0 radical (unpaired) electrons. The summed E-state index contributed by atoms with van der Waals surface area (Å²) in [6.45, 7) is 0.301. The molecule has 0 aromatic heterocycles. The standard InChI is InChI=1S/C21H26N2O4/c1-23(17-10-9-14-7-5-6-8-16(14)17)13-20(24)22-15-11-18(25-2)21(27-4)19(12-15)26-3/h5-8,11-12,17H,9-10,13H2,1-4H3,(H,22,24). The minimum Gasteiger partial charge on any atom is -0.493 e. The molecule has 3 rings (SSSR count). The number of methoxy groups -OCH3 is 3. The van der Waals surface area contributed by atoms with E-state index in [0.29, 0.717) is 29.5 Å². The van der Waals surface area contributed by atoms with Crippen molar-refractivity contribution in [2.24, 2.45) is 0 Å². The second-order valence-electron chi connectivity index (χ2n) is 6.63. The number of likely N-dealkylation sites (N-methyl/N-ethyl adjacent to an activating group) is 1. The number of rotatable bonds is 7. The Bertz CT molecular complexity index is 797. The fourth-order valence-electron chi connectivity index (χ4n) is 3.68. The first-order valence-corrected chi connectivity index (χ1v) is 8.95.